The molecular formula is C20H34F2O2. The number of aliphatic carboxylic acids is 1. The molecule has 140 valence electrons. The molecule has 0 spiro atoms. The molecule has 2 rings (SSSR count). The van der Waals surface area contributed by atoms with Gasteiger partial charge in [0.2, 0.25) is 6.43 Å². The molecule has 0 amide bonds. The first-order valence-corrected chi connectivity index (χ1v) is 10.0. The van der Waals surface area contributed by atoms with Gasteiger partial charge < -0.3 is 5.11 Å². The predicted molar refractivity (Wildman–Crippen MR) is 92.4 cm³/mol. The summed E-state index contributed by atoms with van der Waals surface area (Å²) in [5.41, 5.74) is -0.928. The van der Waals surface area contributed by atoms with Crippen molar-refractivity contribution in [2.45, 2.75) is 109 Å². The van der Waals surface area contributed by atoms with Crippen molar-refractivity contribution in [2.24, 2.45) is 10.8 Å². The van der Waals surface area contributed by atoms with Crippen LogP contribution in [-0.4, -0.2) is 17.5 Å². The Morgan fingerprint density at radius 3 is 1.50 bits per heavy atom. The first kappa shape index (κ1) is 19.7. The highest BCUT2D eigenvalue weighted by atomic mass is 19.3. The molecule has 0 radical (unpaired) electrons. The SMILES string of the molecule is O=C(O)C1(CCCCCCCCCCCCC2(C(F)F)CC2)CC1. The quantitative estimate of drug-likeness (QED) is 0.341. The van der Waals surface area contributed by atoms with Gasteiger partial charge in [0.1, 0.15) is 0 Å². The maximum absolute atomic E-state index is 12.8. The van der Waals surface area contributed by atoms with Crippen molar-refractivity contribution < 1.29 is 18.7 Å². The Kier molecular flexibility index (Phi) is 7.49. The fraction of sp³-hybridized carbons (Fsp3) is 0.950. The fourth-order valence-corrected chi connectivity index (χ4v) is 3.81. The third kappa shape index (κ3) is 6.00. The van der Waals surface area contributed by atoms with Crippen molar-refractivity contribution in [3.05, 3.63) is 0 Å². The standard InChI is InChI=1S/C20H34F2O2/c21-17(22)19(13-14-19)11-9-7-5-3-1-2-4-6-8-10-12-20(15-16-20)18(23)24/h17H,1-16H2,(H,23,24). The van der Waals surface area contributed by atoms with Crippen LogP contribution >= 0.6 is 0 Å². The van der Waals surface area contributed by atoms with Crippen LogP contribution in [0.4, 0.5) is 8.78 Å². The van der Waals surface area contributed by atoms with Crippen LogP contribution in [0, 0.1) is 10.8 Å². The lowest BCUT2D eigenvalue weighted by Crippen LogP contribution is -2.14. The number of alkyl halides is 2. The summed E-state index contributed by atoms with van der Waals surface area (Å²) in [6.45, 7) is 0. The third-order valence-electron chi connectivity index (χ3n) is 6.24. The fourth-order valence-electron chi connectivity index (χ4n) is 3.81. The van der Waals surface area contributed by atoms with Crippen LogP contribution < -0.4 is 0 Å². The van der Waals surface area contributed by atoms with E-state index < -0.39 is 17.8 Å². The highest BCUT2D eigenvalue weighted by Gasteiger charge is 2.50. The average Bonchev–Trinajstić information content (AvgIpc) is 3.43. The summed E-state index contributed by atoms with van der Waals surface area (Å²) in [6, 6.07) is 0. The number of halogens is 2. The Morgan fingerprint density at radius 2 is 1.17 bits per heavy atom. The van der Waals surface area contributed by atoms with E-state index in [2.05, 4.69) is 0 Å². The highest BCUT2D eigenvalue weighted by molar-refractivity contribution is 5.77. The maximum Gasteiger partial charge on any atom is 0.309 e. The zero-order valence-electron chi connectivity index (χ0n) is 15.0. The van der Waals surface area contributed by atoms with E-state index in [4.69, 9.17) is 5.11 Å². The number of carboxylic acids is 1. The van der Waals surface area contributed by atoms with Crippen molar-refractivity contribution in [3.63, 3.8) is 0 Å². The number of hydrogen-bond donors (Lipinski definition) is 1. The van der Waals surface area contributed by atoms with Gasteiger partial charge in [-0.25, -0.2) is 8.78 Å². The molecule has 0 saturated heterocycles. The van der Waals surface area contributed by atoms with Gasteiger partial charge in [-0.05, 0) is 38.5 Å². The van der Waals surface area contributed by atoms with E-state index in [9.17, 15) is 13.6 Å². The Bertz CT molecular complexity index is 387. The number of rotatable bonds is 15. The van der Waals surface area contributed by atoms with Crippen LogP contribution in [0.25, 0.3) is 0 Å². The van der Waals surface area contributed by atoms with Crippen LogP contribution in [0.1, 0.15) is 103 Å². The van der Waals surface area contributed by atoms with Crippen molar-refractivity contribution in [3.8, 4) is 0 Å². The van der Waals surface area contributed by atoms with E-state index in [1.807, 2.05) is 0 Å². The lowest BCUT2D eigenvalue weighted by Gasteiger charge is -2.13. The third-order valence-corrected chi connectivity index (χ3v) is 6.24. The second-order valence-corrected chi connectivity index (χ2v) is 8.28. The highest BCUT2D eigenvalue weighted by Crippen LogP contribution is 2.54. The minimum absolute atomic E-state index is 0.344. The molecule has 0 aromatic carbocycles. The average molecular weight is 344 g/mol. The summed E-state index contributed by atoms with van der Waals surface area (Å²) in [6.07, 6.45) is 14.4. The summed E-state index contributed by atoms with van der Waals surface area (Å²) in [5, 5.41) is 9.10. The first-order valence-electron chi connectivity index (χ1n) is 10.0. The molecule has 2 saturated carbocycles. The van der Waals surface area contributed by atoms with Gasteiger partial charge in [-0.15, -0.1) is 0 Å². The van der Waals surface area contributed by atoms with Crippen molar-refractivity contribution in [1.82, 2.24) is 0 Å². The summed E-state index contributed by atoms with van der Waals surface area (Å²) >= 11 is 0. The van der Waals surface area contributed by atoms with Gasteiger partial charge in [0.25, 0.3) is 0 Å². The Hall–Kier alpha value is -0.670. The van der Waals surface area contributed by atoms with Crippen molar-refractivity contribution in [2.75, 3.05) is 0 Å². The molecule has 0 aromatic rings. The predicted octanol–water partition coefficient (Wildman–Crippen LogP) is 6.58. The molecule has 1 N–H and O–H groups in total. The van der Waals surface area contributed by atoms with Gasteiger partial charge in [-0.2, -0.15) is 0 Å². The molecule has 2 aliphatic rings. The monoisotopic (exact) mass is 344 g/mol. The first-order chi connectivity index (χ1) is 11.5. The molecular weight excluding hydrogens is 310 g/mol. The largest absolute Gasteiger partial charge is 0.481 e. The number of hydrogen-bond acceptors (Lipinski definition) is 1. The lowest BCUT2D eigenvalue weighted by molar-refractivity contribution is -0.143. The molecule has 2 aliphatic carbocycles. The molecule has 0 aliphatic heterocycles. The van der Waals surface area contributed by atoms with Gasteiger partial charge in [0.15, 0.2) is 0 Å². The molecule has 24 heavy (non-hydrogen) atoms. The van der Waals surface area contributed by atoms with Gasteiger partial charge in [0.05, 0.1) is 5.41 Å². The zero-order valence-corrected chi connectivity index (χ0v) is 15.0. The van der Waals surface area contributed by atoms with E-state index in [0.717, 1.165) is 64.2 Å². The second kappa shape index (κ2) is 9.15. The van der Waals surface area contributed by atoms with Crippen LogP contribution in [0.2, 0.25) is 0 Å². The van der Waals surface area contributed by atoms with E-state index >= 15 is 0 Å². The van der Waals surface area contributed by atoms with E-state index in [1.165, 1.54) is 38.5 Å². The van der Waals surface area contributed by atoms with Crippen LogP contribution in [0.5, 0.6) is 0 Å². The molecule has 2 fully saturated rings. The van der Waals surface area contributed by atoms with Gasteiger partial charge >= 0.3 is 5.97 Å². The zero-order chi connectivity index (χ0) is 17.5. The van der Waals surface area contributed by atoms with E-state index in [1.54, 1.807) is 0 Å². The van der Waals surface area contributed by atoms with E-state index in [0.29, 0.717) is 0 Å². The summed E-state index contributed by atoms with van der Waals surface area (Å²) in [4.78, 5) is 11.1. The Morgan fingerprint density at radius 1 is 0.750 bits per heavy atom. The second-order valence-electron chi connectivity index (χ2n) is 8.28. The van der Waals surface area contributed by atoms with Gasteiger partial charge in [-0.3, -0.25) is 4.79 Å². The topological polar surface area (TPSA) is 37.3 Å². The minimum Gasteiger partial charge on any atom is -0.481 e. The normalized spacial score (nSPS) is 20.3. The Balaban J connectivity index is 1.31. The minimum atomic E-state index is -2.11. The molecule has 2 nitrogen and oxygen atoms in total. The maximum atomic E-state index is 12.8. The molecule has 0 atom stereocenters. The molecule has 0 heterocycles. The number of carboxylic acid groups (broad SMARTS) is 1. The number of unbranched alkanes of at least 4 members (excludes halogenated alkanes) is 9. The van der Waals surface area contributed by atoms with Gasteiger partial charge in [0, 0.05) is 5.41 Å². The van der Waals surface area contributed by atoms with Crippen LogP contribution in [0.3, 0.4) is 0 Å². The lowest BCUT2D eigenvalue weighted by atomic mass is 9.97. The van der Waals surface area contributed by atoms with Gasteiger partial charge in [-0.1, -0.05) is 64.2 Å². The van der Waals surface area contributed by atoms with Crippen LogP contribution in [0.15, 0.2) is 0 Å². The van der Waals surface area contributed by atoms with Crippen molar-refractivity contribution >= 4 is 5.97 Å². The summed E-state index contributed by atoms with van der Waals surface area (Å²) in [7, 11) is 0. The van der Waals surface area contributed by atoms with Crippen LogP contribution in [-0.2, 0) is 4.79 Å². The Labute approximate surface area is 145 Å². The molecule has 0 unspecified atom stereocenters. The van der Waals surface area contributed by atoms with Crippen molar-refractivity contribution in [1.29, 1.82) is 0 Å². The summed E-state index contributed by atoms with van der Waals surface area (Å²) < 4.78 is 25.5. The molecule has 4 heteroatoms. The molecule has 0 aromatic heterocycles. The van der Waals surface area contributed by atoms with E-state index in [-0.39, 0.29) is 5.41 Å². The molecule has 0 bridgehead atoms. The number of carbonyl (C=O) groups is 1. The summed E-state index contributed by atoms with van der Waals surface area (Å²) in [5.74, 6) is -0.594. The smallest absolute Gasteiger partial charge is 0.309 e.